The van der Waals surface area contributed by atoms with E-state index in [0.717, 1.165) is 17.5 Å². The number of ketones is 1. The van der Waals surface area contributed by atoms with Crippen LogP contribution in [0.1, 0.15) is 60.8 Å². The average molecular weight is 392 g/mol. The van der Waals surface area contributed by atoms with Gasteiger partial charge in [0.05, 0.1) is 6.16 Å². The first-order chi connectivity index (χ1) is 12.7. The zero-order valence-corrected chi connectivity index (χ0v) is 17.0. The largest absolute Gasteiger partial charge is 0.481 e. The summed E-state index contributed by atoms with van der Waals surface area (Å²) in [6, 6.07) is 4.18. The number of rotatable bonds is 8. The van der Waals surface area contributed by atoms with E-state index in [9.17, 15) is 19.0 Å². The molecule has 0 saturated heterocycles. The van der Waals surface area contributed by atoms with Gasteiger partial charge in [0.15, 0.2) is 5.78 Å². The fourth-order valence-electron chi connectivity index (χ4n) is 3.90. The normalized spacial score (nSPS) is 17.7. The minimum atomic E-state index is -3.86. The summed E-state index contributed by atoms with van der Waals surface area (Å²) < 4.78 is 12.3. The third-order valence-corrected chi connectivity index (χ3v) is 6.50. The fourth-order valence-corrected chi connectivity index (χ4v) is 5.00. The lowest BCUT2D eigenvalue weighted by Crippen LogP contribution is -2.11. The van der Waals surface area contributed by atoms with Crippen molar-refractivity contribution in [3.63, 3.8) is 0 Å². The molecule has 0 aliphatic heterocycles. The first-order valence-electron chi connectivity index (χ1n) is 9.50. The minimum absolute atomic E-state index is 0.640. The number of carbonyl (C=O) groups is 2. The highest BCUT2D eigenvalue weighted by Gasteiger charge is 2.22. The smallest absolute Gasteiger partial charge is 0.310 e. The Balaban J connectivity index is 2.20. The molecule has 2 rings (SSSR count). The van der Waals surface area contributed by atoms with Crippen molar-refractivity contribution in [1.29, 1.82) is 0 Å². The molecule has 1 saturated carbocycles. The fraction of sp³-hybridized carbons (Fsp3) is 0.524. The maximum absolute atomic E-state index is 12.3. The predicted molar refractivity (Wildman–Crippen MR) is 107 cm³/mol. The van der Waals surface area contributed by atoms with Crippen LogP contribution in [-0.4, -0.2) is 27.9 Å². The van der Waals surface area contributed by atoms with Crippen molar-refractivity contribution in [2.75, 3.05) is 6.16 Å². The Morgan fingerprint density at radius 2 is 1.85 bits per heavy atom. The lowest BCUT2D eigenvalue weighted by molar-refractivity contribution is -0.139. The number of aliphatic carboxylic acids is 1. The van der Waals surface area contributed by atoms with Crippen LogP contribution in [0.4, 0.5) is 0 Å². The second-order valence-electron chi connectivity index (χ2n) is 7.70. The Morgan fingerprint density at radius 1 is 1.19 bits per heavy atom. The minimum Gasteiger partial charge on any atom is -0.481 e. The van der Waals surface area contributed by atoms with Crippen LogP contribution in [0.5, 0.6) is 0 Å². The second-order valence-corrected chi connectivity index (χ2v) is 9.83. The van der Waals surface area contributed by atoms with Crippen molar-refractivity contribution in [2.45, 2.75) is 58.8 Å². The molecule has 0 radical (unpaired) electrons. The van der Waals surface area contributed by atoms with Crippen molar-refractivity contribution in [3.8, 4) is 0 Å². The quantitative estimate of drug-likeness (QED) is 0.494. The van der Waals surface area contributed by atoms with E-state index in [-0.39, 0.29) is 0 Å². The van der Waals surface area contributed by atoms with Crippen molar-refractivity contribution < 1.29 is 24.2 Å². The van der Waals surface area contributed by atoms with E-state index in [1.54, 1.807) is 6.08 Å². The third-order valence-electron chi connectivity index (χ3n) is 5.08. The van der Waals surface area contributed by atoms with Gasteiger partial charge in [0.2, 0.25) is 7.37 Å². The molecule has 1 aliphatic rings. The van der Waals surface area contributed by atoms with Crippen LogP contribution in [0.15, 0.2) is 17.9 Å². The lowest BCUT2D eigenvalue weighted by Gasteiger charge is -2.23. The number of hydrogen-bond donors (Lipinski definition) is 2. The molecular weight excluding hydrogens is 363 g/mol. The summed E-state index contributed by atoms with van der Waals surface area (Å²) >= 11 is 0. The van der Waals surface area contributed by atoms with E-state index in [0.29, 0.717) is 5.92 Å². The lowest BCUT2D eigenvalue weighted by atomic mass is 9.83. The SMILES string of the molecule is Cc1cc(C)c(C=CP(=O)(O)CC(=O)CC(=O)O)c(CC2CCCCC2)c1. The van der Waals surface area contributed by atoms with Crippen molar-refractivity contribution >= 4 is 25.2 Å². The van der Waals surface area contributed by atoms with Crippen molar-refractivity contribution in [2.24, 2.45) is 5.92 Å². The maximum Gasteiger partial charge on any atom is 0.310 e. The molecule has 1 aliphatic carbocycles. The highest BCUT2D eigenvalue weighted by Crippen LogP contribution is 2.43. The molecule has 1 fully saturated rings. The summed E-state index contributed by atoms with van der Waals surface area (Å²) in [6.45, 7) is 4.03. The zero-order chi connectivity index (χ0) is 20.0. The highest BCUT2D eigenvalue weighted by molar-refractivity contribution is 7.62. The van der Waals surface area contributed by atoms with Gasteiger partial charge in [-0.2, -0.15) is 0 Å². The Kier molecular flexibility index (Phi) is 7.58. The number of carbonyl (C=O) groups excluding carboxylic acids is 1. The van der Waals surface area contributed by atoms with Gasteiger partial charge in [0.25, 0.3) is 0 Å². The zero-order valence-electron chi connectivity index (χ0n) is 16.1. The van der Waals surface area contributed by atoms with E-state index in [4.69, 9.17) is 5.11 Å². The number of carboxylic acid groups (broad SMARTS) is 1. The Bertz CT molecular complexity index is 775. The molecule has 0 heterocycles. The third kappa shape index (κ3) is 7.08. The topological polar surface area (TPSA) is 91.7 Å². The van der Waals surface area contributed by atoms with Crippen LogP contribution >= 0.6 is 7.37 Å². The molecule has 6 heteroatoms. The van der Waals surface area contributed by atoms with Crippen LogP contribution in [0.2, 0.25) is 0 Å². The van der Waals surface area contributed by atoms with Gasteiger partial charge >= 0.3 is 5.97 Å². The van der Waals surface area contributed by atoms with Gasteiger partial charge in [0.1, 0.15) is 6.42 Å². The van der Waals surface area contributed by atoms with E-state index >= 15 is 0 Å². The highest BCUT2D eigenvalue weighted by atomic mass is 31.2. The molecule has 148 valence electrons. The molecule has 0 spiro atoms. The Hall–Kier alpha value is -1.71. The van der Waals surface area contributed by atoms with Gasteiger partial charge in [-0.3, -0.25) is 14.2 Å². The number of Topliss-reactive ketones (excluding diaryl/α,β-unsaturated/α-hetero) is 1. The molecule has 27 heavy (non-hydrogen) atoms. The van der Waals surface area contributed by atoms with Gasteiger partial charge in [-0.25, -0.2) is 0 Å². The summed E-state index contributed by atoms with van der Waals surface area (Å²) in [7, 11) is -3.86. The molecular formula is C21H29O5P. The average Bonchev–Trinajstić information content (AvgIpc) is 2.53. The van der Waals surface area contributed by atoms with E-state index < -0.39 is 31.7 Å². The van der Waals surface area contributed by atoms with E-state index in [1.807, 2.05) is 19.9 Å². The van der Waals surface area contributed by atoms with Crippen LogP contribution in [0.25, 0.3) is 6.08 Å². The molecule has 1 atom stereocenters. The monoisotopic (exact) mass is 392 g/mol. The van der Waals surface area contributed by atoms with Crippen LogP contribution in [0, 0.1) is 19.8 Å². The summed E-state index contributed by atoms with van der Waals surface area (Å²) in [5.41, 5.74) is 4.31. The number of aryl methyl sites for hydroxylation is 2. The van der Waals surface area contributed by atoms with Crippen LogP contribution in [0.3, 0.4) is 0 Å². The second kappa shape index (κ2) is 9.48. The summed E-state index contributed by atoms with van der Waals surface area (Å²) in [4.78, 5) is 32.2. The first-order valence-corrected chi connectivity index (χ1v) is 11.4. The molecule has 1 aromatic rings. The van der Waals surface area contributed by atoms with E-state index in [1.165, 1.54) is 49.0 Å². The molecule has 2 N–H and O–H groups in total. The Morgan fingerprint density at radius 3 is 2.48 bits per heavy atom. The van der Waals surface area contributed by atoms with E-state index in [2.05, 4.69) is 6.07 Å². The van der Waals surface area contributed by atoms with Gasteiger partial charge in [-0.15, -0.1) is 0 Å². The molecule has 1 aromatic carbocycles. The summed E-state index contributed by atoms with van der Waals surface area (Å²) in [5.74, 6) is -0.186. The predicted octanol–water partition coefficient (Wildman–Crippen LogP) is 4.71. The first kappa shape index (κ1) is 21.6. The molecule has 0 bridgehead atoms. The van der Waals surface area contributed by atoms with Gasteiger partial charge in [0, 0.05) is 5.82 Å². The number of hydrogen-bond acceptors (Lipinski definition) is 3. The summed E-state index contributed by atoms with van der Waals surface area (Å²) in [5, 5.41) is 8.63. The standard InChI is InChI=1S/C21H29O5P/c1-15-10-16(2)20(18(11-15)12-17-6-4-3-5-7-17)8-9-27(25,26)14-19(22)13-21(23)24/h8-11,17H,3-7,12-14H2,1-2H3,(H,23,24)(H,25,26). The molecule has 5 nitrogen and oxygen atoms in total. The van der Waals surface area contributed by atoms with Gasteiger partial charge in [-0.05, 0) is 49.0 Å². The number of carboxylic acids is 1. The Labute approximate surface area is 160 Å². The maximum atomic E-state index is 12.3. The van der Waals surface area contributed by atoms with Gasteiger partial charge < -0.3 is 10.00 Å². The van der Waals surface area contributed by atoms with Crippen molar-refractivity contribution in [3.05, 3.63) is 40.2 Å². The molecule has 0 aromatic heterocycles. The molecule has 0 amide bonds. The van der Waals surface area contributed by atoms with Crippen LogP contribution in [-0.2, 0) is 20.6 Å². The molecule has 1 unspecified atom stereocenters. The van der Waals surface area contributed by atoms with Gasteiger partial charge in [-0.1, -0.05) is 49.8 Å². The van der Waals surface area contributed by atoms with Crippen molar-refractivity contribution in [1.82, 2.24) is 0 Å². The number of benzene rings is 1. The van der Waals surface area contributed by atoms with Crippen LogP contribution < -0.4 is 0 Å². The summed E-state index contributed by atoms with van der Waals surface area (Å²) in [6.07, 6.45) is 7.49.